The average molecular weight is 799 g/mol. The van der Waals surface area contributed by atoms with Crippen LogP contribution in [-0.2, 0) is 32.7 Å². The molecule has 0 saturated heterocycles. The van der Waals surface area contributed by atoms with Gasteiger partial charge >= 0.3 is 19.8 Å². The zero-order valence-electron chi connectivity index (χ0n) is 34.6. The van der Waals surface area contributed by atoms with Crippen LogP contribution in [0, 0.1) is 0 Å². The van der Waals surface area contributed by atoms with Crippen LogP contribution in [0.4, 0.5) is 0 Å². The summed E-state index contributed by atoms with van der Waals surface area (Å²) in [7, 11) is -4.62. The largest absolute Gasteiger partial charge is 0.472 e. The van der Waals surface area contributed by atoms with E-state index in [4.69, 9.17) is 19.1 Å². The maximum Gasteiger partial charge on any atom is 0.472 e. The van der Waals surface area contributed by atoms with Gasteiger partial charge in [-0.05, 0) is 77.0 Å². The fourth-order valence-corrected chi connectivity index (χ4v) is 6.37. The molecule has 0 aromatic heterocycles. The number of phosphoric acid groups is 1. The van der Waals surface area contributed by atoms with Gasteiger partial charge in [-0.25, -0.2) is 4.57 Å². The maximum atomic E-state index is 12.6. The lowest BCUT2D eigenvalue weighted by molar-refractivity contribution is -0.161. The van der Waals surface area contributed by atoms with Crippen LogP contribution in [0.2, 0.25) is 0 Å². The summed E-state index contributed by atoms with van der Waals surface area (Å²) < 4.78 is 32.7. The van der Waals surface area contributed by atoms with E-state index in [0.29, 0.717) is 12.8 Å². The van der Waals surface area contributed by atoms with Gasteiger partial charge in [0.1, 0.15) is 12.7 Å². The first-order valence-corrected chi connectivity index (χ1v) is 23.1. The SMILES string of the molecule is CCCCC/C=C/C/C=C/C/C=C/CCCCCCC(=O)OC[C@H](COP(=O)(O)OC[C@@H](O)CO)OC(=O)CCCCCCC/C=C/CCCCCCCC. The third-order valence-electron chi connectivity index (χ3n) is 8.96. The number of esters is 2. The minimum absolute atomic E-state index is 0.168. The molecule has 10 nitrogen and oxygen atoms in total. The highest BCUT2D eigenvalue weighted by Crippen LogP contribution is 2.43. The van der Waals surface area contributed by atoms with Gasteiger partial charge in [0.25, 0.3) is 0 Å². The van der Waals surface area contributed by atoms with Gasteiger partial charge in [-0.1, -0.05) is 140 Å². The molecule has 0 aliphatic heterocycles. The van der Waals surface area contributed by atoms with Crippen LogP contribution < -0.4 is 0 Å². The van der Waals surface area contributed by atoms with E-state index in [-0.39, 0.29) is 19.4 Å². The predicted octanol–water partition coefficient (Wildman–Crippen LogP) is 11.3. The number of hydrogen-bond acceptors (Lipinski definition) is 9. The fraction of sp³-hybridized carbons (Fsp3) is 0.773. The van der Waals surface area contributed by atoms with Crippen molar-refractivity contribution in [2.75, 3.05) is 26.4 Å². The molecule has 0 fully saturated rings. The summed E-state index contributed by atoms with van der Waals surface area (Å²) in [5, 5.41) is 18.3. The summed E-state index contributed by atoms with van der Waals surface area (Å²) in [5.41, 5.74) is 0. The number of aliphatic hydroxyl groups is 2. The number of phosphoric ester groups is 1. The zero-order chi connectivity index (χ0) is 40.5. The number of carbonyl (C=O) groups excluding carboxylic acids is 2. The third-order valence-corrected chi connectivity index (χ3v) is 9.91. The molecule has 0 aromatic carbocycles. The van der Waals surface area contributed by atoms with Crippen LogP contribution >= 0.6 is 7.82 Å². The standard InChI is InChI=1S/C44H79O10P/c1-3-5-7-9-11-13-15-17-19-20-22-23-25-27-29-31-33-35-43(47)51-39-42(40-53-55(49,50)52-38-41(46)37-45)54-44(48)36-34-32-30-28-26-24-21-18-16-14-12-10-8-6-4-2/h11,13,17-19,21-23,41-42,45-46H,3-10,12,14-16,20,24-40H2,1-2H3,(H,49,50)/b13-11+,19-17+,21-18+,23-22+/t41-,42+/m0/s1. The summed E-state index contributed by atoms with van der Waals surface area (Å²) in [6.07, 6.45) is 42.1. The molecular weight excluding hydrogens is 719 g/mol. The number of carbonyl (C=O) groups is 2. The van der Waals surface area contributed by atoms with Crippen molar-refractivity contribution < 1.29 is 47.8 Å². The van der Waals surface area contributed by atoms with Gasteiger partial charge in [0, 0.05) is 12.8 Å². The highest BCUT2D eigenvalue weighted by molar-refractivity contribution is 7.47. The Bertz CT molecular complexity index is 1060. The van der Waals surface area contributed by atoms with E-state index in [2.05, 4.69) is 67.0 Å². The van der Waals surface area contributed by atoms with Crippen LogP contribution in [0.5, 0.6) is 0 Å². The lowest BCUT2D eigenvalue weighted by Gasteiger charge is -2.20. The molecule has 0 heterocycles. The Hall–Kier alpha value is -2.07. The van der Waals surface area contributed by atoms with Crippen molar-refractivity contribution in [3.8, 4) is 0 Å². The Morgan fingerprint density at radius 3 is 1.47 bits per heavy atom. The van der Waals surface area contributed by atoms with Crippen molar-refractivity contribution in [1.82, 2.24) is 0 Å². The Kier molecular flexibility index (Phi) is 38.6. The first-order chi connectivity index (χ1) is 26.7. The van der Waals surface area contributed by atoms with Crippen molar-refractivity contribution >= 4 is 19.8 Å². The van der Waals surface area contributed by atoms with Gasteiger partial charge in [0.15, 0.2) is 6.10 Å². The molecule has 0 saturated carbocycles. The number of ether oxygens (including phenoxy) is 2. The molecule has 3 atom stereocenters. The van der Waals surface area contributed by atoms with Crippen LogP contribution in [-0.4, -0.2) is 65.7 Å². The van der Waals surface area contributed by atoms with E-state index in [1.165, 1.54) is 64.2 Å². The minimum Gasteiger partial charge on any atom is -0.462 e. The van der Waals surface area contributed by atoms with E-state index in [1.54, 1.807) is 0 Å². The highest BCUT2D eigenvalue weighted by atomic mass is 31.2. The lowest BCUT2D eigenvalue weighted by atomic mass is 10.1. The summed E-state index contributed by atoms with van der Waals surface area (Å²) in [6, 6.07) is 0. The van der Waals surface area contributed by atoms with Crippen LogP contribution in [0.15, 0.2) is 48.6 Å². The second-order valence-corrected chi connectivity index (χ2v) is 15.8. The normalized spacial score (nSPS) is 14.3. The number of allylic oxidation sites excluding steroid dienone is 8. The van der Waals surface area contributed by atoms with Crippen molar-refractivity contribution in [1.29, 1.82) is 0 Å². The molecule has 0 spiro atoms. The Morgan fingerprint density at radius 2 is 0.945 bits per heavy atom. The minimum atomic E-state index is -4.62. The van der Waals surface area contributed by atoms with Crippen molar-refractivity contribution in [2.24, 2.45) is 0 Å². The van der Waals surface area contributed by atoms with Gasteiger partial charge in [-0.2, -0.15) is 0 Å². The van der Waals surface area contributed by atoms with Crippen molar-refractivity contribution in [3.05, 3.63) is 48.6 Å². The second kappa shape index (κ2) is 40.1. The van der Waals surface area contributed by atoms with Gasteiger partial charge in [0.05, 0.1) is 19.8 Å². The first-order valence-electron chi connectivity index (χ1n) is 21.6. The number of rotatable bonds is 40. The molecule has 1 unspecified atom stereocenters. The molecule has 55 heavy (non-hydrogen) atoms. The molecule has 320 valence electrons. The van der Waals surface area contributed by atoms with Gasteiger partial charge in [-0.3, -0.25) is 18.6 Å². The summed E-state index contributed by atoms with van der Waals surface area (Å²) in [4.78, 5) is 35.0. The molecule has 11 heteroatoms. The molecule has 0 bridgehead atoms. The highest BCUT2D eigenvalue weighted by Gasteiger charge is 2.27. The first kappa shape index (κ1) is 52.9. The monoisotopic (exact) mass is 799 g/mol. The molecule has 0 rings (SSSR count). The van der Waals surface area contributed by atoms with Crippen molar-refractivity contribution in [3.63, 3.8) is 0 Å². The number of unbranched alkanes of at least 4 members (excludes halogenated alkanes) is 18. The Labute approximate surface area is 334 Å². The van der Waals surface area contributed by atoms with E-state index in [9.17, 15) is 24.2 Å². The summed E-state index contributed by atoms with van der Waals surface area (Å²) in [6.45, 7) is 2.31. The van der Waals surface area contributed by atoms with Crippen LogP contribution in [0.25, 0.3) is 0 Å². The average Bonchev–Trinajstić information content (AvgIpc) is 3.17. The van der Waals surface area contributed by atoms with Crippen molar-refractivity contribution in [2.45, 2.75) is 193 Å². The number of hydrogen-bond donors (Lipinski definition) is 3. The lowest BCUT2D eigenvalue weighted by Crippen LogP contribution is -2.29. The molecule has 0 aliphatic rings. The quantitative estimate of drug-likeness (QED) is 0.0237. The molecular formula is C44H79O10P. The topological polar surface area (TPSA) is 149 Å². The summed E-state index contributed by atoms with van der Waals surface area (Å²) >= 11 is 0. The van der Waals surface area contributed by atoms with Gasteiger partial charge in [-0.15, -0.1) is 0 Å². The summed E-state index contributed by atoms with van der Waals surface area (Å²) in [5.74, 6) is -0.961. The van der Waals surface area contributed by atoms with Crippen LogP contribution in [0.1, 0.15) is 181 Å². The van der Waals surface area contributed by atoms with E-state index in [0.717, 1.165) is 77.0 Å². The van der Waals surface area contributed by atoms with Gasteiger partial charge < -0.3 is 24.6 Å². The zero-order valence-corrected chi connectivity index (χ0v) is 35.5. The Morgan fingerprint density at radius 1 is 0.545 bits per heavy atom. The van der Waals surface area contributed by atoms with Crippen LogP contribution in [0.3, 0.4) is 0 Å². The van der Waals surface area contributed by atoms with E-state index in [1.807, 2.05) is 0 Å². The second-order valence-electron chi connectivity index (χ2n) is 14.4. The third kappa shape index (κ3) is 39.9. The predicted molar refractivity (Wildman–Crippen MR) is 224 cm³/mol. The number of aliphatic hydroxyl groups excluding tert-OH is 2. The smallest absolute Gasteiger partial charge is 0.462 e. The molecule has 0 aromatic rings. The fourth-order valence-electron chi connectivity index (χ4n) is 5.58. The molecule has 0 radical (unpaired) electrons. The molecule has 0 amide bonds. The van der Waals surface area contributed by atoms with E-state index < -0.39 is 51.8 Å². The molecule has 0 aliphatic carbocycles. The van der Waals surface area contributed by atoms with E-state index >= 15 is 0 Å². The molecule has 3 N–H and O–H groups in total. The van der Waals surface area contributed by atoms with Gasteiger partial charge in [0.2, 0.25) is 0 Å². The maximum absolute atomic E-state index is 12.6. The Balaban J connectivity index is 4.36.